The molecule has 0 amide bonds. The SMILES string of the molecule is CCCc1cc(C)c(Oc2ccc(OC)c(C(=O)O)c2)c(C)c1. The quantitative estimate of drug-likeness (QED) is 0.835. The average molecular weight is 314 g/mol. The van der Waals surface area contributed by atoms with Crippen molar-refractivity contribution in [2.75, 3.05) is 7.11 Å². The van der Waals surface area contributed by atoms with Gasteiger partial charge >= 0.3 is 5.97 Å². The first kappa shape index (κ1) is 16.9. The van der Waals surface area contributed by atoms with E-state index >= 15 is 0 Å². The van der Waals surface area contributed by atoms with Gasteiger partial charge in [-0.1, -0.05) is 25.5 Å². The third-order valence-electron chi connectivity index (χ3n) is 3.68. The smallest absolute Gasteiger partial charge is 0.339 e. The van der Waals surface area contributed by atoms with Crippen LogP contribution in [0.1, 0.15) is 40.4 Å². The van der Waals surface area contributed by atoms with Gasteiger partial charge in [0.05, 0.1) is 7.11 Å². The molecule has 122 valence electrons. The summed E-state index contributed by atoms with van der Waals surface area (Å²) < 4.78 is 11.0. The Labute approximate surface area is 136 Å². The van der Waals surface area contributed by atoms with Crippen molar-refractivity contribution in [2.24, 2.45) is 0 Å². The fourth-order valence-electron chi connectivity index (χ4n) is 2.67. The molecule has 0 saturated carbocycles. The Morgan fingerprint density at radius 3 is 2.30 bits per heavy atom. The van der Waals surface area contributed by atoms with Gasteiger partial charge in [0, 0.05) is 0 Å². The molecule has 0 unspecified atom stereocenters. The van der Waals surface area contributed by atoms with Gasteiger partial charge in [0.15, 0.2) is 0 Å². The third-order valence-corrected chi connectivity index (χ3v) is 3.68. The van der Waals surface area contributed by atoms with Gasteiger partial charge < -0.3 is 14.6 Å². The lowest BCUT2D eigenvalue weighted by Crippen LogP contribution is -2.01. The molecule has 0 radical (unpaired) electrons. The molecule has 2 rings (SSSR count). The molecule has 1 N–H and O–H groups in total. The van der Waals surface area contributed by atoms with Gasteiger partial charge in [-0.15, -0.1) is 0 Å². The molecule has 0 heterocycles. The van der Waals surface area contributed by atoms with Gasteiger partial charge in [0.25, 0.3) is 0 Å². The van der Waals surface area contributed by atoms with Crippen LogP contribution in [0.4, 0.5) is 0 Å². The second kappa shape index (κ2) is 7.18. The number of carbonyl (C=O) groups is 1. The van der Waals surface area contributed by atoms with Crippen LogP contribution in [-0.4, -0.2) is 18.2 Å². The first-order chi connectivity index (χ1) is 11.0. The minimum Gasteiger partial charge on any atom is -0.496 e. The molecule has 0 aliphatic carbocycles. The summed E-state index contributed by atoms with van der Waals surface area (Å²) in [5.74, 6) is 0.527. The van der Waals surface area contributed by atoms with Gasteiger partial charge in [-0.05, 0) is 55.2 Å². The fraction of sp³-hybridized carbons (Fsp3) is 0.316. The molecule has 0 saturated heterocycles. The Kier molecular flexibility index (Phi) is 5.27. The van der Waals surface area contributed by atoms with Crippen LogP contribution in [0.2, 0.25) is 0 Å². The summed E-state index contributed by atoms with van der Waals surface area (Å²) in [6.07, 6.45) is 2.13. The number of benzene rings is 2. The number of aromatic carboxylic acids is 1. The second-order valence-corrected chi connectivity index (χ2v) is 5.58. The maximum atomic E-state index is 11.3. The van der Waals surface area contributed by atoms with E-state index in [0.717, 1.165) is 29.7 Å². The van der Waals surface area contributed by atoms with Crippen molar-refractivity contribution in [3.63, 3.8) is 0 Å². The van der Waals surface area contributed by atoms with Crippen LogP contribution >= 0.6 is 0 Å². The van der Waals surface area contributed by atoms with E-state index < -0.39 is 5.97 Å². The Balaban J connectivity index is 2.36. The molecule has 0 aliphatic rings. The Morgan fingerprint density at radius 1 is 1.13 bits per heavy atom. The van der Waals surface area contributed by atoms with Gasteiger partial charge in [0.2, 0.25) is 0 Å². The van der Waals surface area contributed by atoms with Gasteiger partial charge in [-0.2, -0.15) is 0 Å². The van der Waals surface area contributed by atoms with Crippen molar-refractivity contribution in [2.45, 2.75) is 33.6 Å². The lowest BCUT2D eigenvalue weighted by atomic mass is 10.0. The molecule has 4 heteroatoms. The standard InChI is InChI=1S/C19H22O4/c1-5-6-14-9-12(2)18(13(3)10-14)23-15-7-8-17(22-4)16(11-15)19(20)21/h7-11H,5-6H2,1-4H3,(H,20,21). The van der Waals surface area contributed by atoms with E-state index in [1.165, 1.54) is 18.7 Å². The predicted molar refractivity (Wildman–Crippen MR) is 89.9 cm³/mol. The highest BCUT2D eigenvalue weighted by molar-refractivity contribution is 5.91. The van der Waals surface area contributed by atoms with Gasteiger partial charge in [-0.3, -0.25) is 0 Å². The summed E-state index contributed by atoms with van der Waals surface area (Å²) in [6, 6.07) is 9.04. The Hall–Kier alpha value is -2.49. The van der Waals surface area contributed by atoms with E-state index in [2.05, 4.69) is 19.1 Å². The summed E-state index contributed by atoms with van der Waals surface area (Å²) in [5.41, 5.74) is 3.46. The van der Waals surface area contributed by atoms with Crippen LogP contribution in [-0.2, 0) is 6.42 Å². The molecular formula is C19H22O4. The lowest BCUT2D eigenvalue weighted by molar-refractivity contribution is 0.0693. The number of rotatable bonds is 6. The fourth-order valence-corrected chi connectivity index (χ4v) is 2.67. The number of hydrogen-bond donors (Lipinski definition) is 1. The van der Waals surface area contributed by atoms with E-state index in [9.17, 15) is 9.90 Å². The molecular weight excluding hydrogens is 292 g/mol. The van der Waals surface area contributed by atoms with Crippen molar-refractivity contribution in [3.8, 4) is 17.2 Å². The number of carboxylic acids is 1. The Morgan fingerprint density at radius 2 is 1.78 bits per heavy atom. The maximum absolute atomic E-state index is 11.3. The molecule has 0 atom stereocenters. The number of carboxylic acid groups (broad SMARTS) is 1. The zero-order chi connectivity index (χ0) is 17.0. The van der Waals surface area contributed by atoms with Gasteiger partial charge in [-0.25, -0.2) is 4.79 Å². The predicted octanol–water partition coefficient (Wildman–Crippen LogP) is 4.76. The monoisotopic (exact) mass is 314 g/mol. The first-order valence-corrected chi connectivity index (χ1v) is 7.65. The minimum absolute atomic E-state index is 0.0860. The van der Waals surface area contributed by atoms with E-state index in [1.807, 2.05) is 13.8 Å². The highest BCUT2D eigenvalue weighted by Gasteiger charge is 2.14. The van der Waals surface area contributed by atoms with Gasteiger partial charge in [0.1, 0.15) is 22.8 Å². The highest BCUT2D eigenvalue weighted by Crippen LogP contribution is 2.32. The van der Waals surface area contributed by atoms with Crippen LogP contribution in [0.25, 0.3) is 0 Å². The minimum atomic E-state index is -1.04. The van der Waals surface area contributed by atoms with Crippen LogP contribution in [0, 0.1) is 13.8 Å². The summed E-state index contributed by atoms with van der Waals surface area (Å²) in [7, 11) is 1.45. The topological polar surface area (TPSA) is 55.8 Å². The number of methoxy groups -OCH3 is 1. The van der Waals surface area contributed by atoms with Crippen molar-refractivity contribution in [1.29, 1.82) is 0 Å². The van der Waals surface area contributed by atoms with Crippen molar-refractivity contribution in [3.05, 3.63) is 52.6 Å². The lowest BCUT2D eigenvalue weighted by Gasteiger charge is -2.15. The van der Waals surface area contributed by atoms with E-state index in [0.29, 0.717) is 11.5 Å². The van der Waals surface area contributed by atoms with Crippen molar-refractivity contribution in [1.82, 2.24) is 0 Å². The normalized spacial score (nSPS) is 10.4. The number of ether oxygens (including phenoxy) is 2. The molecule has 0 aliphatic heterocycles. The zero-order valence-electron chi connectivity index (χ0n) is 14.0. The molecule has 0 bridgehead atoms. The van der Waals surface area contributed by atoms with Crippen molar-refractivity contribution < 1.29 is 19.4 Å². The molecule has 0 spiro atoms. The molecule has 2 aromatic rings. The molecule has 0 fully saturated rings. The summed E-state index contributed by atoms with van der Waals surface area (Å²) in [4.78, 5) is 11.3. The molecule has 23 heavy (non-hydrogen) atoms. The molecule has 0 aromatic heterocycles. The van der Waals surface area contributed by atoms with Crippen LogP contribution in [0.5, 0.6) is 17.2 Å². The van der Waals surface area contributed by atoms with E-state index in [1.54, 1.807) is 12.1 Å². The van der Waals surface area contributed by atoms with Crippen molar-refractivity contribution >= 4 is 5.97 Å². The number of aryl methyl sites for hydroxylation is 3. The second-order valence-electron chi connectivity index (χ2n) is 5.58. The Bertz CT molecular complexity index is 696. The van der Waals surface area contributed by atoms with E-state index in [-0.39, 0.29) is 5.56 Å². The average Bonchev–Trinajstić information content (AvgIpc) is 2.51. The number of hydrogen-bond acceptors (Lipinski definition) is 3. The first-order valence-electron chi connectivity index (χ1n) is 7.65. The van der Waals surface area contributed by atoms with Crippen LogP contribution < -0.4 is 9.47 Å². The van der Waals surface area contributed by atoms with E-state index in [4.69, 9.17) is 9.47 Å². The maximum Gasteiger partial charge on any atom is 0.339 e. The zero-order valence-corrected chi connectivity index (χ0v) is 14.0. The largest absolute Gasteiger partial charge is 0.496 e. The summed E-state index contributed by atoms with van der Waals surface area (Å²) >= 11 is 0. The van der Waals surface area contributed by atoms with Crippen LogP contribution in [0.3, 0.4) is 0 Å². The highest BCUT2D eigenvalue weighted by atomic mass is 16.5. The molecule has 2 aromatic carbocycles. The van der Waals surface area contributed by atoms with Crippen LogP contribution in [0.15, 0.2) is 30.3 Å². The third kappa shape index (κ3) is 3.83. The summed E-state index contributed by atoms with van der Waals surface area (Å²) in [6.45, 7) is 6.16. The summed E-state index contributed by atoms with van der Waals surface area (Å²) in [5, 5.41) is 9.26. The molecule has 4 nitrogen and oxygen atoms in total.